The van der Waals surface area contributed by atoms with Gasteiger partial charge in [0.1, 0.15) is 5.69 Å². The van der Waals surface area contributed by atoms with Gasteiger partial charge >= 0.3 is 5.97 Å². The maximum atomic E-state index is 13.0. The fourth-order valence-electron chi connectivity index (χ4n) is 3.49. The van der Waals surface area contributed by atoms with Crippen molar-refractivity contribution in [1.29, 1.82) is 0 Å². The molecule has 0 fully saturated rings. The van der Waals surface area contributed by atoms with E-state index in [4.69, 9.17) is 0 Å². The molecule has 1 N–H and O–H groups in total. The Bertz CT molecular complexity index is 1350. The molecule has 5 aromatic rings. The maximum absolute atomic E-state index is 13.0. The molecule has 0 saturated heterocycles. The largest absolute Gasteiger partial charge is 0.477 e. The lowest BCUT2D eigenvalue weighted by Crippen LogP contribution is -2.13. The van der Waals surface area contributed by atoms with Crippen LogP contribution in [-0.2, 0) is 0 Å². The Labute approximate surface area is 134 Å². The summed E-state index contributed by atoms with van der Waals surface area (Å²) in [6.45, 7) is 0. The molecule has 0 bridgehead atoms. The Balaban J connectivity index is 2.26. The van der Waals surface area contributed by atoms with E-state index in [2.05, 4.69) is 4.98 Å². The highest BCUT2D eigenvalue weighted by Crippen LogP contribution is 2.33. The number of carboxylic acids is 1. The zero-order valence-corrected chi connectivity index (χ0v) is 12.4. The van der Waals surface area contributed by atoms with E-state index in [1.54, 1.807) is 22.6 Å². The molecule has 0 amide bonds. The van der Waals surface area contributed by atoms with Crippen LogP contribution in [0.3, 0.4) is 0 Å². The number of aromatic carboxylic acids is 1. The van der Waals surface area contributed by atoms with E-state index in [0.717, 1.165) is 16.3 Å². The second-order valence-corrected chi connectivity index (χ2v) is 5.76. The summed E-state index contributed by atoms with van der Waals surface area (Å²) in [5.41, 5.74) is 1.83. The minimum atomic E-state index is -1.08. The second-order valence-electron chi connectivity index (χ2n) is 5.76. The van der Waals surface area contributed by atoms with Crippen LogP contribution >= 0.6 is 0 Å². The zero-order valence-electron chi connectivity index (χ0n) is 12.4. The van der Waals surface area contributed by atoms with Gasteiger partial charge < -0.3 is 5.11 Å². The molecule has 2 aromatic carbocycles. The third-order valence-corrected chi connectivity index (χ3v) is 4.49. The van der Waals surface area contributed by atoms with E-state index in [-0.39, 0.29) is 11.3 Å². The molecule has 0 aliphatic heterocycles. The first-order valence-corrected chi connectivity index (χ1v) is 7.48. The van der Waals surface area contributed by atoms with Crippen molar-refractivity contribution in [1.82, 2.24) is 9.38 Å². The van der Waals surface area contributed by atoms with Crippen LogP contribution in [0.15, 0.2) is 59.4 Å². The van der Waals surface area contributed by atoms with Crippen LogP contribution in [0.1, 0.15) is 10.5 Å². The van der Waals surface area contributed by atoms with Crippen molar-refractivity contribution in [2.75, 3.05) is 0 Å². The molecular weight excluding hydrogens is 304 g/mol. The monoisotopic (exact) mass is 314 g/mol. The molecule has 24 heavy (non-hydrogen) atoms. The lowest BCUT2D eigenvalue weighted by Gasteiger charge is -2.06. The summed E-state index contributed by atoms with van der Waals surface area (Å²) in [4.78, 5) is 28.9. The van der Waals surface area contributed by atoms with Gasteiger partial charge in [0.2, 0.25) is 0 Å². The number of carbonyl (C=O) groups is 1. The molecule has 3 heterocycles. The van der Waals surface area contributed by atoms with E-state index in [9.17, 15) is 14.7 Å². The van der Waals surface area contributed by atoms with Gasteiger partial charge in [0, 0.05) is 21.5 Å². The third-order valence-electron chi connectivity index (χ3n) is 4.49. The minimum absolute atomic E-state index is 0.0236. The third kappa shape index (κ3) is 1.46. The molecule has 3 aromatic heterocycles. The molecule has 0 aliphatic carbocycles. The van der Waals surface area contributed by atoms with Gasteiger partial charge in [-0.05, 0) is 18.2 Å². The summed E-state index contributed by atoms with van der Waals surface area (Å²) in [5.74, 6) is -1.08. The van der Waals surface area contributed by atoms with Gasteiger partial charge in [-0.2, -0.15) is 0 Å². The molecule has 0 aliphatic rings. The number of hydrogen-bond acceptors (Lipinski definition) is 3. The fraction of sp³-hybridized carbons (Fsp3) is 0. The second kappa shape index (κ2) is 4.29. The van der Waals surface area contributed by atoms with E-state index < -0.39 is 5.97 Å². The topological polar surface area (TPSA) is 71.7 Å². The average Bonchev–Trinajstić information content (AvgIpc) is 2.94. The van der Waals surface area contributed by atoms with Crippen LogP contribution in [-0.4, -0.2) is 20.5 Å². The molecule has 0 saturated carbocycles. The number of nitrogens with zero attached hydrogens (tertiary/aromatic N) is 2. The Hall–Kier alpha value is -3.47. The number of pyridine rings is 2. The van der Waals surface area contributed by atoms with E-state index >= 15 is 0 Å². The highest BCUT2D eigenvalue weighted by molar-refractivity contribution is 6.19. The first-order valence-electron chi connectivity index (χ1n) is 7.48. The molecule has 0 atom stereocenters. The first kappa shape index (κ1) is 13.0. The molecule has 0 spiro atoms. The molecular formula is C19H10N2O3. The predicted octanol–water partition coefficient (Wildman–Crippen LogP) is 3.29. The van der Waals surface area contributed by atoms with Crippen molar-refractivity contribution in [2.45, 2.75) is 0 Å². The van der Waals surface area contributed by atoms with Crippen LogP contribution in [0.5, 0.6) is 0 Å². The van der Waals surface area contributed by atoms with Crippen molar-refractivity contribution >= 4 is 44.1 Å². The summed E-state index contributed by atoms with van der Waals surface area (Å²) in [5, 5.41) is 12.2. The van der Waals surface area contributed by atoms with Crippen LogP contribution < -0.4 is 5.56 Å². The molecule has 114 valence electrons. The van der Waals surface area contributed by atoms with Crippen molar-refractivity contribution in [3.8, 4) is 0 Å². The lowest BCUT2D eigenvalue weighted by atomic mass is 10.1. The van der Waals surface area contributed by atoms with E-state index in [1.807, 2.05) is 36.4 Å². The molecule has 0 unspecified atom stereocenters. The van der Waals surface area contributed by atoms with Crippen molar-refractivity contribution in [3.05, 3.63) is 70.6 Å². The van der Waals surface area contributed by atoms with Crippen LogP contribution in [0, 0.1) is 0 Å². The Kier molecular flexibility index (Phi) is 2.33. The van der Waals surface area contributed by atoms with Crippen molar-refractivity contribution in [2.24, 2.45) is 0 Å². The van der Waals surface area contributed by atoms with Gasteiger partial charge in [-0.15, -0.1) is 0 Å². The number of aromatic nitrogens is 2. The van der Waals surface area contributed by atoms with Gasteiger partial charge in [0.25, 0.3) is 5.56 Å². The normalized spacial score (nSPS) is 11.8. The lowest BCUT2D eigenvalue weighted by molar-refractivity contribution is 0.0691. The van der Waals surface area contributed by atoms with Gasteiger partial charge in [0.05, 0.1) is 16.6 Å². The van der Waals surface area contributed by atoms with Gasteiger partial charge in [0.15, 0.2) is 0 Å². The molecule has 0 radical (unpaired) electrons. The summed E-state index contributed by atoms with van der Waals surface area (Å²) in [6.07, 6.45) is 0. The highest BCUT2D eigenvalue weighted by atomic mass is 16.4. The number of hydrogen-bond donors (Lipinski definition) is 1. The van der Waals surface area contributed by atoms with Crippen molar-refractivity contribution in [3.63, 3.8) is 0 Å². The SMILES string of the molecule is O=C(O)c1cc2c3ccccc3n3c(=O)c4ccccc4c(n1)c23. The van der Waals surface area contributed by atoms with Gasteiger partial charge in [-0.1, -0.05) is 36.4 Å². The zero-order chi connectivity index (χ0) is 16.4. The summed E-state index contributed by atoms with van der Waals surface area (Å²) in [7, 11) is 0. The van der Waals surface area contributed by atoms with Crippen LogP contribution in [0.2, 0.25) is 0 Å². The average molecular weight is 314 g/mol. The Morgan fingerprint density at radius 2 is 1.58 bits per heavy atom. The number of carboxylic acid groups (broad SMARTS) is 1. The smallest absolute Gasteiger partial charge is 0.354 e. The quantitative estimate of drug-likeness (QED) is 0.482. The fourth-order valence-corrected chi connectivity index (χ4v) is 3.49. The number of fused-ring (bicyclic) bond motifs is 5. The highest BCUT2D eigenvalue weighted by Gasteiger charge is 2.20. The number of benzene rings is 2. The molecule has 5 nitrogen and oxygen atoms in total. The van der Waals surface area contributed by atoms with Gasteiger partial charge in [-0.25, -0.2) is 9.78 Å². The summed E-state index contributed by atoms with van der Waals surface area (Å²) >= 11 is 0. The minimum Gasteiger partial charge on any atom is -0.477 e. The predicted molar refractivity (Wildman–Crippen MR) is 92.1 cm³/mol. The first-order chi connectivity index (χ1) is 11.7. The molecule has 5 heteroatoms. The molecule has 5 rings (SSSR count). The van der Waals surface area contributed by atoms with Crippen LogP contribution in [0.4, 0.5) is 0 Å². The summed E-state index contributed by atoms with van der Waals surface area (Å²) < 4.78 is 1.64. The number of para-hydroxylation sites is 1. The number of rotatable bonds is 1. The van der Waals surface area contributed by atoms with Crippen LogP contribution in [0.25, 0.3) is 38.1 Å². The van der Waals surface area contributed by atoms with Crippen molar-refractivity contribution < 1.29 is 9.90 Å². The van der Waals surface area contributed by atoms with Gasteiger partial charge in [-0.3, -0.25) is 9.20 Å². The summed E-state index contributed by atoms with van der Waals surface area (Å²) in [6, 6.07) is 16.2. The van der Waals surface area contributed by atoms with E-state index in [1.165, 1.54) is 0 Å². The standard InChI is InChI=1S/C19H10N2O3/c22-18-12-7-2-1-6-11(12)16-17-13(9-14(20-16)19(23)24)10-5-3-4-8-15(10)21(17)18/h1-9H,(H,23,24). The Morgan fingerprint density at radius 1 is 0.917 bits per heavy atom. The Morgan fingerprint density at radius 3 is 2.33 bits per heavy atom. The maximum Gasteiger partial charge on any atom is 0.354 e. The van der Waals surface area contributed by atoms with E-state index in [0.29, 0.717) is 21.8 Å².